The third-order valence-corrected chi connectivity index (χ3v) is 4.79. The van der Waals surface area contributed by atoms with Gasteiger partial charge in [0, 0.05) is 13.2 Å². The van der Waals surface area contributed by atoms with Gasteiger partial charge in [-0.15, -0.1) is 0 Å². The number of carbonyl (C=O) groups excluding carboxylic acids is 1. The second kappa shape index (κ2) is 6.71. The predicted octanol–water partition coefficient (Wildman–Crippen LogP) is 2.12. The molecule has 1 N–H and O–H groups in total. The third kappa shape index (κ3) is 3.48. The van der Waals surface area contributed by atoms with E-state index in [4.69, 9.17) is 9.47 Å². The molecule has 0 spiro atoms. The van der Waals surface area contributed by atoms with Crippen LogP contribution in [0.25, 0.3) is 0 Å². The monoisotopic (exact) mass is 269 g/mol. The van der Waals surface area contributed by atoms with E-state index < -0.39 is 5.54 Å². The van der Waals surface area contributed by atoms with Crippen molar-refractivity contribution in [1.29, 1.82) is 0 Å². The van der Waals surface area contributed by atoms with Crippen molar-refractivity contribution in [2.75, 3.05) is 27.4 Å². The van der Waals surface area contributed by atoms with Gasteiger partial charge in [-0.3, -0.25) is 4.79 Å². The predicted molar refractivity (Wildman–Crippen MR) is 73.9 cm³/mol. The van der Waals surface area contributed by atoms with E-state index in [1.165, 1.54) is 26.4 Å². The van der Waals surface area contributed by atoms with Gasteiger partial charge < -0.3 is 14.8 Å². The number of hydrogen-bond acceptors (Lipinski definition) is 4. The second-order valence-electron chi connectivity index (χ2n) is 5.94. The Morgan fingerprint density at radius 1 is 1.26 bits per heavy atom. The Hall–Kier alpha value is -0.610. The van der Waals surface area contributed by atoms with Gasteiger partial charge in [-0.05, 0) is 44.6 Å². The van der Waals surface area contributed by atoms with Crippen molar-refractivity contribution in [3.63, 3.8) is 0 Å². The lowest BCUT2D eigenvalue weighted by Crippen LogP contribution is -2.54. The molecule has 2 rings (SSSR count). The lowest BCUT2D eigenvalue weighted by Gasteiger charge is -2.32. The molecule has 2 saturated carbocycles. The number of nitrogens with one attached hydrogen (secondary N) is 1. The normalized spacial score (nSPS) is 30.5. The molecule has 2 fully saturated rings. The number of rotatable bonds is 8. The van der Waals surface area contributed by atoms with Crippen LogP contribution < -0.4 is 5.32 Å². The zero-order chi connectivity index (χ0) is 13.7. The molecule has 2 aliphatic rings. The molecule has 2 atom stereocenters. The largest absolute Gasteiger partial charge is 0.468 e. The first-order valence-electron chi connectivity index (χ1n) is 7.58. The average molecular weight is 269 g/mol. The molecule has 0 amide bonds. The number of likely N-dealkylation sites (N-methyl/N-ethyl adjacent to an activating group) is 1. The van der Waals surface area contributed by atoms with E-state index in [0.717, 1.165) is 44.8 Å². The molecule has 0 heterocycles. The summed E-state index contributed by atoms with van der Waals surface area (Å²) in [6, 6.07) is 0. The third-order valence-electron chi connectivity index (χ3n) is 4.79. The van der Waals surface area contributed by atoms with Gasteiger partial charge in [-0.2, -0.15) is 0 Å². The standard InChI is InChI=1S/C15H27NO3/c1-16-15(14(17)18-2)9-3-4-13(15)8-11-19-10-7-12-5-6-12/h12-13,16H,3-11H2,1-2H3. The van der Waals surface area contributed by atoms with Gasteiger partial charge in [0.15, 0.2) is 0 Å². The Labute approximate surface area is 116 Å². The van der Waals surface area contributed by atoms with Gasteiger partial charge in [0.25, 0.3) is 0 Å². The summed E-state index contributed by atoms with van der Waals surface area (Å²) in [6.07, 6.45) is 7.97. The molecule has 0 aromatic rings. The first-order valence-corrected chi connectivity index (χ1v) is 7.58. The summed E-state index contributed by atoms with van der Waals surface area (Å²) in [7, 11) is 3.34. The van der Waals surface area contributed by atoms with E-state index in [9.17, 15) is 4.79 Å². The maximum Gasteiger partial charge on any atom is 0.326 e. The fourth-order valence-electron chi connectivity index (χ4n) is 3.33. The second-order valence-corrected chi connectivity index (χ2v) is 5.94. The molecule has 0 radical (unpaired) electrons. The summed E-state index contributed by atoms with van der Waals surface area (Å²) in [5.41, 5.74) is -0.478. The SMILES string of the molecule is CNC1(C(=O)OC)CCCC1CCOCCC1CC1. The Balaban J connectivity index is 1.74. The highest BCUT2D eigenvalue weighted by molar-refractivity contribution is 5.81. The fraction of sp³-hybridized carbons (Fsp3) is 0.933. The number of esters is 1. The zero-order valence-corrected chi connectivity index (χ0v) is 12.2. The highest BCUT2D eigenvalue weighted by Crippen LogP contribution is 2.38. The Morgan fingerprint density at radius 3 is 2.63 bits per heavy atom. The van der Waals surface area contributed by atoms with Crippen molar-refractivity contribution >= 4 is 5.97 Å². The topological polar surface area (TPSA) is 47.6 Å². The van der Waals surface area contributed by atoms with Crippen molar-refractivity contribution in [3.8, 4) is 0 Å². The molecule has 0 aromatic carbocycles. The molecule has 4 heteroatoms. The highest BCUT2D eigenvalue weighted by Gasteiger charge is 2.48. The smallest absolute Gasteiger partial charge is 0.326 e. The lowest BCUT2D eigenvalue weighted by molar-refractivity contribution is -0.150. The molecule has 110 valence electrons. The van der Waals surface area contributed by atoms with Gasteiger partial charge >= 0.3 is 5.97 Å². The van der Waals surface area contributed by atoms with Crippen LogP contribution in [0.4, 0.5) is 0 Å². The van der Waals surface area contributed by atoms with Crippen LogP contribution in [-0.4, -0.2) is 38.9 Å². The average Bonchev–Trinajstić information content (AvgIpc) is 3.16. The number of methoxy groups -OCH3 is 1. The Kier molecular flexibility index (Phi) is 5.22. The Morgan fingerprint density at radius 2 is 2.00 bits per heavy atom. The van der Waals surface area contributed by atoms with Gasteiger partial charge in [0.05, 0.1) is 7.11 Å². The Bertz CT molecular complexity index is 304. The summed E-state index contributed by atoms with van der Waals surface area (Å²) in [6.45, 7) is 1.64. The number of hydrogen-bond donors (Lipinski definition) is 1. The molecule has 0 saturated heterocycles. The van der Waals surface area contributed by atoms with Crippen molar-refractivity contribution in [2.45, 2.75) is 50.5 Å². The molecule has 19 heavy (non-hydrogen) atoms. The summed E-state index contributed by atoms with van der Waals surface area (Å²) in [5.74, 6) is 1.15. The van der Waals surface area contributed by atoms with E-state index in [-0.39, 0.29) is 5.97 Å². The van der Waals surface area contributed by atoms with Crippen molar-refractivity contribution in [1.82, 2.24) is 5.32 Å². The van der Waals surface area contributed by atoms with E-state index in [1.54, 1.807) is 0 Å². The maximum absolute atomic E-state index is 12.0. The summed E-state index contributed by atoms with van der Waals surface area (Å²) in [5, 5.41) is 3.22. The quantitative estimate of drug-likeness (QED) is 0.541. The molecule has 2 unspecified atom stereocenters. The van der Waals surface area contributed by atoms with Crippen LogP contribution in [0.3, 0.4) is 0 Å². The van der Waals surface area contributed by atoms with Gasteiger partial charge in [0.1, 0.15) is 5.54 Å². The van der Waals surface area contributed by atoms with E-state index in [2.05, 4.69) is 5.32 Å². The summed E-state index contributed by atoms with van der Waals surface area (Å²) < 4.78 is 10.7. The van der Waals surface area contributed by atoms with Gasteiger partial charge in [-0.25, -0.2) is 0 Å². The number of carbonyl (C=O) groups is 1. The minimum Gasteiger partial charge on any atom is -0.468 e. The van der Waals surface area contributed by atoms with Crippen molar-refractivity contribution in [2.24, 2.45) is 11.8 Å². The van der Waals surface area contributed by atoms with Crippen molar-refractivity contribution < 1.29 is 14.3 Å². The molecular weight excluding hydrogens is 242 g/mol. The van der Waals surface area contributed by atoms with Crippen LogP contribution in [0.2, 0.25) is 0 Å². The van der Waals surface area contributed by atoms with E-state index >= 15 is 0 Å². The zero-order valence-electron chi connectivity index (χ0n) is 12.2. The molecule has 0 aliphatic heterocycles. The van der Waals surface area contributed by atoms with Gasteiger partial charge in [0.2, 0.25) is 0 Å². The van der Waals surface area contributed by atoms with Crippen LogP contribution in [0.5, 0.6) is 0 Å². The molecule has 0 bridgehead atoms. The molecule has 4 nitrogen and oxygen atoms in total. The molecule has 2 aliphatic carbocycles. The molecular formula is C15H27NO3. The first kappa shape index (κ1) is 14.8. The fourth-order valence-corrected chi connectivity index (χ4v) is 3.33. The molecule has 0 aromatic heterocycles. The summed E-state index contributed by atoms with van der Waals surface area (Å²) in [4.78, 5) is 12.0. The van der Waals surface area contributed by atoms with Crippen LogP contribution in [0.1, 0.15) is 44.9 Å². The lowest BCUT2D eigenvalue weighted by atomic mass is 9.85. The van der Waals surface area contributed by atoms with Crippen LogP contribution in [0, 0.1) is 11.8 Å². The van der Waals surface area contributed by atoms with E-state index in [0.29, 0.717) is 5.92 Å². The van der Waals surface area contributed by atoms with Gasteiger partial charge in [-0.1, -0.05) is 19.3 Å². The van der Waals surface area contributed by atoms with E-state index in [1.807, 2.05) is 7.05 Å². The minimum atomic E-state index is -0.478. The van der Waals surface area contributed by atoms with Crippen molar-refractivity contribution in [3.05, 3.63) is 0 Å². The van der Waals surface area contributed by atoms with Crippen LogP contribution in [-0.2, 0) is 14.3 Å². The minimum absolute atomic E-state index is 0.115. The maximum atomic E-state index is 12.0. The summed E-state index contributed by atoms with van der Waals surface area (Å²) >= 11 is 0. The number of ether oxygens (including phenoxy) is 2. The van der Waals surface area contributed by atoms with Crippen LogP contribution in [0.15, 0.2) is 0 Å². The highest BCUT2D eigenvalue weighted by atomic mass is 16.5. The first-order chi connectivity index (χ1) is 9.23. The van der Waals surface area contributed by atoms with Crippen LogP contribution >= 0.6 is 0 Å².